The molecule has 9 heavy (non-hydrogen) atoms. The van der Waals surface area contributed by atoms with E-state index in [-0.39, 0.29) is 5.91 Å². The average molecular weight is 128 g/mol. The van der Waals surface area contributed by atoms with Gasteiger partial charge in [-0.3, -0.25) is 4.79 Å². The third-order valence-electron chi connectivity index (χ3n) is 1.54. The van der Waals surface area contributed by atoms with Crippen molar-refractivity contribution in [2.75, 3.05) is 13.1 Å². The van der Waals surface area contributed by atoms with E-state index in [2.05, 4.69) is 6.92 Å². The van der Waals surface area contributed by atoms with Crippen LogP contribution in [0.15, 0.2) is 0 Å². The molecule has 3 heteroatoms. The van der Waals surface area contributed by atoms with Crippen molar-refractivity contribution in [2.24, 2.45) is 0 Å². The molecular weight excluding hydrogens is 118 g/mol. The lowest BCUT2D eigenvalue weighted by Crippen LogP contribution is -2.28. The van der Waals surface area contributed by atoms with Crippen LogP contribution in [0.4, 0.5) is 0 Å². The number of aliphatic hydroxyl groups excluding tert-OH is 1. The summed E-state index contributed by atoms with van der Waals surface area (Å²) in [6.45, 7) is 4.67. The molecule has 1 aliphatic heterocycles. The van der Waals surface area contributed by atoms with Crippen molar-refractivity contribution in [1.82, 2.24) is 4.90 Å². The smallest absolute Gasteiger partial charge is 0.251 e. The quantitative estimate of drug-likeness (QED) is 0.513. The lowest BCUT2D eigenvalue weighted by Gasteiger charge is -2.10. The SMILES string of the molecule is [CH2]CN1CCC(O)C1=O. The molecule has 0 aromatic rings. The molecule has 1 heterocycles. The molecule has 1 rings (SSSR count). The van der Waals surface area contributed by atoms with Crippen LogP contribution in [0.2, 0.25) is 0 Å². The summed E-state index contributed by atoms with van der Waals surface area (Å²) in [5.74, 6) is -0.176. The molecule has 3 nitrogen and oxygen atoms in total. The maximum atomic E-state index is 10.8. The summed E-state index contributed by atoms with van der Waals surface area (Å²) < 4.78 is 0. The van der Waals surface area contributed by atoms with E-state index in [0.29, 0.717) is 19.5 Å². The van der Waals surface area contributed by atoms with Crippen LogP contribution < -0.4 is 0 Å². The molecule has 0 spiro atoms. The standard InChI is InChI=1S/C6H10NO2/c1-2-7-4-3-5(8)6(7)9/h5,8H,1-4H2. The maximum Gasteiger partial charge on any atom is 0.251 e. The molecular formula is C6H10NO2. The summed E-state index contributed by atoms with van der Waals surface area (Å²) in [4.78, 5) is 12.3. The van der Waals surface area contributed by atoms with Gasteiger partial charge in [-0.2, -0.15) is 0 Å². The number of aliphatic hydroxyl groups is 1. The van der Waals surface area contributed by atoms with Gasteiger partial charge >= 0.3 is 0 Å². The van der Waals surface area contributed by atoms with Gasteiger partial charge < -0.3 is 10.0 Å². The molecule has 1 saturated heterocycles. The predicted octanol–water partition coefficient (Wildman–Crippen LogP) is -0.586. The Morgan fingerprint density at radius 3 is 2.78 bits per heavy atom. The van der Waals surface area contributed by atoms with Gasteiger partial charge in [0.15, 0.2) is 0 Å². The molecule has 0 saturated carbocycles. The highest BCUT2D eigenvalue weighted by Crippen LogP contribution is 2.08. The van der Waals surface area contributed by atoms with Crippen LogP contribution in [0.1, 0.15) is 6.42 Å². The monoisotopic (exact) mass is 128 g/mol. The highest BCUT2D eigenvalue weighted by molar-refractivity contribution is 5.82. The summed E-state index contributed by atoms with van der Waals surface area (Å²) >= 11 is 0. The largest absolute Gasteiger partial charge is 0.383 e. The first-order valence-corrected chi connectivity index (χ1v) is 3.02. The highest BCUT2D eigenvalue weighted by Gasteiger charge is 2.27. The molecule has 0 aliphatic carbocycles. The second-order valence-corrected chi connectivity index (χ2v) is 2.13. The first kappa shape index (κ1) is 6.55. The Morgan fingerprint density at radius 1 is 1.89 bits per heavy atom. The Bertz CT molecular complexity index is 124. The zero-order valence-corrected chi connectivity index (χ0v) is 5.21. The molecule has 1 atom stereocenters. The molecule has 0 aromatic carbocycles. The molecule has 1 unspecified atom stereocenters. The minimum absolute atomic E-state index is 0.176. The van der Waals surface area contributed by atoms with Gasteiger partial charge in [-0.25, -0.2) is 0 Å². The van der Waals surface area contributed by atoms with Crippen LogP contribution in [0, 0.1) is 6.92 Å². The summed E-state index contributed by atoms with van der Waals surface area (Å²) in [6, 6.07) is 0. The third kappa shape index (κ3) is 1.05. The van der Waals surface area contributed by atoms with E-state index >= 15 is 0 Å². The van der Waals surface area contributed by atoms with E-state index in [1.807, 2.05) is 0 Å². The summed E-state index contributed by atoms with van der Waals surface area (Å²) in [5.41, 5.74) is 0. The minimum atomic E-state index is -0.758. The second kappa shape index (κ2) is 2.35. The van der Waals surface area contributed by atoms with Crippen molar-refractivity contribution in [3.05, 3.63) is 6.92 Å². The molecule has 1 amide bonds. The van der Waals surface area contributed by atoms with E-state index in [1.165, 1.54) is 0 Å². The zero-order valence-electron chi connectivity index (χ0n) is 5.21. The van der Waals surface area contributed by atoms with Crippen molar-refractivity contribution in [1.29, 1.82) is 0 Å². The zero-order chi connectivity index (χ0) is 6.85. The highest BCUT2D eigenvalue weighted by atomic mass is 16.3. The molecule has 0 aromatic heterocycles. The number of amides is 1. The average Bonchev–Trinajstić information content (AvgIpc) is 2.15. The number of nitrogens with zero attached hydrogens (tertiary/aromatic N) is 1. The van der Waals surface area contributed by atoms with Gasteiger partial charge in [-0.15, -0.1) is 0 Å². The fraction of sp³-hybridized carbons (Fsp3) is 0.667. The fourth-order valence-corrected chi connectivity index (χ4v) is 0.945. The van der Waals surface area contributed by atoms with Gasteiger partial charge in [0.1, 0.15) is 6.10 Å². The molecule has 1 fully saturated rings. The van der Waals surface area contributed by atoms with Crippen LogP contribution >= 0.6 is 0 Å². The van der Waals surface area contributed by atoms with Crippen LogP contribution in [-0.2, 0) is 4.79 Å². The van der Waals surface area contributed by atoms with Gasteiger partial charge in [-0.05, 0) is 13.3 Å². The third-order valence-corrected chi connectivity index (χ3v) is 1.54. The minimum Gasteiger partial charge on any atom is -0.383 e. The van der Waals surface area contributed by atoms with Crippen molar-refractivity contribution in [2.45, 2.75) is 12.5 Å². The predicted molar refractivity (Wildman–Crippen MR) is 32.6 cm³/mol. The van der Waals surface area contributed by atoms with E-state index in [9.17, 15) is 4.79 Å². The van der Waals surface area contributed by atoms with Crippen molar-refractivity contribution >= 4 is 5.91 Å². The lowest BCUT2D eigenvalue weighted by atomic mass is 10.3. The van der Waals surface area contributed by atoms with E-state index in [0.717, 1.165) is 0 Å². The topological polar surface area (TPSA) is 40.5 Å². The number of hydrogen-bond acceptors (Lipinski definition) is 2. The Hall–Kier alpha value is -0.570. The van der Waals surface area contributed by atoms with Gasteiger partial charge in [0.2, 0.25) is 0 Å². The number of hydrogen-bond donors (Lipinski definition) is 1. The Labute approximate surface area is 54.3 Å². The summed E-state index contributed by atoms with van der Waals surface area (Å²) in [5, 5.41) is 8.88. The normalized spacial score (nSPS) is 27.6. The first-order valence-electron chi connectivity index (χ1n) is 3.02. The summed E-state index contributed by atoms with van der Waals surface area (Å²) in [7, 11) is 0. The molecule has 1 aliphatic rings. The van der Waals surface area contributed by atoms with Crippen LogP contribution in [-0.4, -0.2) is 35.1 Å². The van der Waals surface area contributed by atoms with E-state index < -0.39 is 6.10 Å². The van der Waals surface area contributed by atoms with Gasteiger partial charge in [0, 0.05) is 13.1 Å². The fourth-order valence-electron chi connectivity index (χ4n) is 0.945. The van der Waals surface area contributed by atoms with Crippen LogP contribution in [0.3, 0.4) is 0 Å². The molecule has 51 valence electrons. The number of carbonyl (C=O) groups excluding carboxylic acids is 1. The van der Waals surface area contributed by atoms with Gasteiger partial charge in [0.25, 0.3) is 5.91 Å². The number of likely N-dealkylation sites (tertiary alicyclic amines) is 1. The Kier molecular flexibility index (Phi) is 1.71. The lowest BCUT2D eigenvalue weighted by molar-refractivity contribution is -0.134. The van der Waals surface area contributed by atoms with E-state index in [1.54, 1.807) is 4.90 Å². The van der Waals surface area contributed by atoms with Crippen LogP contribution in [0.5, 0.6) is 0 Å². The molecule has 0 bridgehead atoms. The first-order chi connectivity index (χ1) is 4.25. The Morgan fingerprint density at radius 2 is 2.56 bits per heavy atom. The van der Waals surface area contributed by atoms with E-state index in [4.69, 9.17) is 5.11 Å². The van der Waals surface area contributed by atoms with Gasteiger partial charge in [0.05, 0.1) is 0 Å². The summed E-state index contributed by atoms with van der Waals surface area (Å²) in [6.07, 6.45) is -0.194. The number of carbonyl (C=O) groups is 1. The number of rotatable bonds is 1. The molecule has 1 radical (unpaired) electrons. The van der Waals surface area contributed by atoms with Crippen molar-refractivity contribution < 1.29 is 9.90 Å². The van der Waals surface area contributed by atoms with Crippen molar-refractivity contribution in [3.63, 3.8) is 0 Å². The maximum absolute atomic E-state index is 10.8. The Balaban J connectivity index is 2.51. The molecule has 1 N–H and O–H groups in total. The second-order valence-electron chi connectivity index (χ2n) is 2.13. The van der Waals surface area contributed by atoms with Crippen LogP contribution in [0.25, 0.3) is 0 Å². The van der Waals surface area contributed by atoms with Crippen molar-refractivity contribution in [3.8, 4) is 0 Å². The van der Waals surface area contributed by atoms with Gasteiger partial charge in [-0.1, -0.05) is 0 Å².